The molecule has 0 amide bonds. The molecule has 2 rings (SSSR count). The highest BCUT2D eigenvalue weighted by Crippen LogP contribution is 2.21. The predicted octanol–water partition coefficient (Wildman–Crippen LogP) is 0.567. The van der Waals surface area contributed by atoms with Crippen molar-refractivity contribution in [2.75, 3.05) is 0 Å². The lowest BCUT2D eigenvalue weighted by Gasteiger charge is -2.00. The van der Waals surface area contributed by atoms with E-state index in [2.05, 4.69) is 15.2 Å². The molecule has 0 saturated carbocycles. The lowest BCUT2D eigenvalue weighted by Crippen LogP contribution is -2.13. The molecule has 0 atom stereocenters. The zero-order chi connectivity index (χ0) is 12.6. The van der Waals surface area contributed by atoms with Crippen LogP contribution >= 0.6 is 0 Å². The van der Waals surface area contributed by atoms with E-state index in [0.29, 0.717) is 5.56 Å². The predicted molar refractivity (Wildman–Crippen MR) is 57.9 cm³/mol. The van der Waals surface area contributed by atoms with E-state index in [0.717, 1.165) is 0 Å². The standard InChI is InChI=1S/C9H9FN4O2S/c1-5-3-2-4-6(7(5)10)8-12-9(14-13-8)17(11,15)16/h2-4H,1H3,(H2,11,15,16)(H,12,13,14). The maximum absolute atomic E-state index is 13.7. The van der Waals surface area contributed by atoms with E-state index in [-0.39, 0.29) is 11.4 Å². The van der Waals surface area contributed by atoms with Crippen LogP contribution in [-0.4, -0.2) is 23.6 Å². The molecular formula is C9H9FN4O2S. The van der Waals surface area contributed by atoms with E-state index < -0.39 is 21.0 Å². The number of hydrogen-bond acceptors (Lipinski definition) is 4. The van der Waals surface area contributed by atoms with Crippen LogP contribution in [0.25, 0.3) is 11.4 Å². The zero-order valence-electron chi connectivity index (χ0n) is 8.81. The van der Waals surface area contributed by atoms with Crippen molar-refractivity contribution in [2.45, 2.75) is 12.1 Å². The first kappa shape index (κ1) is 11.7. The molecule has 1 aromatic carbocycles. The molecule has 0 radical (unpaired) electrons. The Balaban J connectivity index is 2.55. The Morgan fingerprint density at radius 1 is 1.41 bits per heavy atom. The summed E-state index contributed by atoms with van der Waals surface area (Å²) in [6, 6.07) is 4.67. The fraction of sp³-hybridized carbons (Fsp3) is 0.111. The van der Waals surface area contributed by atoms with Crippen molar-refractivity contribution in [3.05, 3.63) is 29.6 Å². The van der Waals surface area contributed by atoms with E-state index in [1.807, 2.05) is 0 Å². The third-order valence-corrected chi connectivity index (χ3v) is 2.89. The average Bonchev–Trinajstić information content (AvgIpc) is 2.70. The highest BCUT2D eigenvalue weighted by molar-refractivity contribution is 7.89. The molecule has 3 N–H and O–H groups in total. The van der Waals surface area contributed by atoms with Crippen molar-refractivity contribution in [3.8, 4) is 11.4 Å². The first-order valence-electron chi connectivity index (χ1n) is 4.60. The molecule has 0 spiro atoms. The van der Waals surface area contributed by atoms with Gasteiger partial charge in [-0.3, -0.25) is 0 Å². The summed E-state index contributed by atoms with van der Waals surface area (Å²) in [4.78, 5) is 3.63. The zero-order valence-corrected chi connectivity index (χ0v) is 9.62. The summed E-state index contributed by atoms with van der Waals surface area (Å²) >= 11 is 0. The van der Waals surface area contributed by atoms with Crippen molar-refractivity contribution in [1.82, 2.24) is 15.2 Å². The Hall–Kier alpha value is -1.80. The van der Waals surface area contributed by atoms with Crippen molar-refractivity contribution < 1.29 is 12.8 Å². The number of rotatable bonds is 2. The Kier molecular flexibility index (Phi) is 2.68. The van der Waals surface area contributed by atoms with E-state index in [4.69, 9.17) is 5.14 Å². The monoisotopic (exact) mass is 256 g/mol. The summed E-state index contributed by atoms with van der Waals surface area (Å²) in [6.07, 6.45) is 0. The normalized spacial score (nSPS) is 11.7. The smallest absolute Gasteiger partial charge is 0.248 e. The highest BCUT2D eigenvalue weighted by atomic mass is 32.2. The van der Waals surface area contributed by atoms with E-state index in [1.165, 1.54) is 6.07 Å². The minimum absolute atomic E-state index is 0.0461. The van der Waals surface area contributed by atoms with Crippen molar-refractivity contribution >= 4 is 10.0 Å². The molecule has 0 unspecified atom stereocenters. The van der Waals surface area contributed by atoms with Crippen LogP contribution in [0.4, 0.5) is 4.39 Å². The van der Waals surface area contributed by atoms with Gasteiger partial charge in [-0.05, 0) is 18.6 Å². The van der Waals surface area contributed by atoms with Crippen LogP contribution in [0.15, 0.2) is 23.4 Å². The summed E-state index contributed by atoms with van der Waals surface area (Å²) in [7, 11) is -3.96. The molecule has 90 valence electrons. The largest absolute Gasteiger partial charge is 0.273 e. The minimum Gasteiger partial charge on any atom is -0.248 e. The summed E-state index contributed by atoms with van der Waals surface area (Å²) in [5, 5.41) is 10.1. The average molecular weight is 256 g/mol. The fourth-order valence-corrected chi connectivity index (χ4v) is 1.70. The number of sulfonamides is 1. The lowest BCUT2D eigenvalue weighted by molar-refractivity contribution is 0.589. The van der Waals surface area contributed by atoms with Gasteiger partial charge in [0, 0.05) is 0 Å². The van der Waals surface area contributed by atoms with Gasteiger partial charge in [0.05, 0.1) is 5.56 Å². The second-order valence-corrected chi connectivity index (χ2v) is 4.92. The van der Waals surface area contributed by atoms with Gasteiger partial charge in [0.1, 0.15) is 5.82 Å². The Morgan fingerprint density at radius 3 is 2.71 bits per heavy atom. The molecule has 2 aromatic rings. The number of H-pyrrole nitrogens is 1. The van der Waals surface area contributed by atoms with Crippen LogP contribution in [0.3, 0.4) is 0 Å². The second kappa shape index (κ2) is 3.90. The van der Waals surface area contributed by atoms with Crippen LogP contribution in [-0.2, 0) is 10.0 Å². The number of aromatic amines is 1. The Morgan fingerprint density at radius 2 is 2.12 bits per heavy atom. The van der Waals surface area contributed by atoms with Gasteiger partial charge in [-0.1, -0.05) is 12.1 Å². The Bertz CT molecular complexity index is 665. The second-order valence-electron chi connectivity index (χ2n) is 3.45. The number of nitrogens with two attached hydrogens (primary N) is 1. The van der Waals surface area contributed by atoms with E-state index >= 15 is 0 Å². The molecule has 8 heteroatoms. The number of benzene rings is 1. The van der Waals surface area contributed by atoms with Gasteiger partial charge >= 0.3 is 0 Å². The van der Waals surface area contributed by atoms with E-state index in [1.54, 1.807) is 19.1 Å². The highest BCUT2D eigenvalue weighted by Gasteiger charge is 2.17. The number of nitrogens with zero attached hydrogens (tertiary/aromatic N) is 2. The molecule has 6 nitrogen and oxygen atoms in total. The molecule has 0 aliphatic carbocycles. The quantitative estimate of drug-likeness (QED) is 0.819. The van der Waals surface area contributed by atoms with Crippen molar-refractivity contribution in [1.29, 1.82) is 0 Å². The molecular weight excluding hydrogens is 247 g/mol. The number of nitrogens with one attached hydrogen (secondary N) is 1. The maximum Gasteiger partial charge on any atom is 0.273 e. The third-order valence-electron chi connectivity index (χ3n) is 2.17. The molecule has 1 aromatic heterocycles. The van der Waals surface area contributed by atoms with Gasteiger partial charge < -0.3 is 0 Å². The van der Waals surface area contributed by atoms with Crippen LogP contribution in [0.1, 0.15) is 5.56 Å². The summed E-state index contributed by atoms with van der Waals surface area (Å²) in [6.45, 7) is 1.59. The molecule has 1 heterocycles. The molecule has 0 saturated heterocycles. The maximum atomic E-state index is 13.7. The number of aryl methyl sites for hydroxylation is 1. The summed E-state index contributed by atoms with van der Waals surface area (Å²) in [5.41, 5.74) is 0.542. The van der Waals surface area contributed by atoms with E-state index in [9.17, 15) is 12.8 Å². The number of hydrogen-bond donors (Lipinski definition) is 2. The van der Waals surface area contributed by atoms with Gasteiger partial charge in [-0.15, -0.1) is 0 Å². The SMILES string of the molecule is Cc1cccc(-c2n[nH]c(S(N)(=O)=O)n2)c1F. The first-order valence-corrected chi connectivity index (χ1v) is 6.15. The van der Waals surface area contributed by atoms with Gasteiger partial charge in [-0.2, -0.15) is 10.1 Å². The van der Waals surface area contributed by atoms with Crippen LogP contribution in [0.2, 0.25) is 0 Å². The fourth-order valence-electron chi connectivity index (χ4n) is 1.31. The van der Waals surface area contributed by atoms with Crippen LogP contribution in [0.5, 0.6) is 0 Å². The Labute approximate surface area is 96.7 Å². The molecule has 0 fully saturated rings. The minimum atomic E-state index is -3.96. The van der Waals surface area contributed by atoms with Crippen molar-refractivity contribution in [2.24, 2.45) is 5.14 Å². The van der Waals surface area contributed by atoms with Crippen LogP contribution < -0.4 is 5.14 Å². The van der Waals surface area contributed by atoms with Crippen LogP contribution in [0, 0.1) is 12.7 Å². The third kappa shape index (κ3) is 2.17. The number of primary sulfonamides is 1. The van der Waals surface area contributed by atoms with Gasteiger partial charge in [-0.25, -0.2) is 23.0 Å². The number of aromatic nitrogens is 3. The summed E-state index contributed by atoms with van der Waals surface area (Å²) < 4.78 is 35.7. The van der Waals surface area contributed by atoms with Crippen molar-refractivity contribution in [3.63, 3.8) is 0 Å². The number of halogens is 1. The molecule has 0 aliphatic heterocycles. The van der Waals surface area contributed by atoms with Gasteiger partial charge in [0.15, 0.2) is 5.82 Å². The van der Waals surface area contributed by atoms with Gasteiger partial charge in [0.25, 0.3) is 15.2 Å². The lowest BCUT2D eigenvalue weighted by atomic mass is 10.1. The van der Waals surface area contributed by atoms with Gasteiger partial charge in [0.2, 0.25) is 0 Å². The summed E-state index contributed by atoms with van der Waals surface area (Å²) in [5.74, 6) is -0.539. The molecule has 0 bridgehead atoms. The topological polar surface area (TPSA) is 102 Å². The molecule has 17 heavy (non-hydrogen) atoms. The molecule has 0 aliphatic rings. The first-order chi connectivity index (χ1) is 7.89.